The molecular formula is C20H17NO2. The summed E-state index contributed by atoms with van der Waals surface area (Å²) in [7, 11) is 0. The van der Waals surface area contributed by atoms with Gasteiger partial charge in [0.2, 0.25) is 5.91 Å². The number of hydrogen-bond donors (Lipinski definition) is 0. The lowest BCUT2D eigenvalue weighted by Crippen LogP contribution is -2.52. The minimum absolute atomic E-state index is 0.0498. The van der Waals surface area contributed by atoms with Crippen LogP contribution in [0.1, 0.15) is 35.3 Å². The van der Waals surface area contributed by atoms with Crippen molar-refractivity contribution in [2.75, 3.05) is 6.54 Å². The highest BCUT2D eigenvalue weighted by Gasteiger charge is 2.58. The molecule has 1 aliphatic heterocycles. The van der Waals surface area contributed by atoms with Crippen molar-refractivity contribution < 1.29 is 9.21 Å². The molecule has 23 heavy (non-hydrogen) atoms. The fourth-order valence-electron chi connectivity index (χ4n) is 4.71. The zero-order chi connectivity index (χ0) is 15.6. The summed E-state index contributed by atoms with van der Waals surface area (Å²) in [6, 6.07) is 10.4. The van der Waals surface area contributed by atoms with E-state index in [1.54, 1.807) is 6.26 Å². The van der Waals surface area contributed by atoms with Gasteiger partial charge in [-0.05, 0) is 41.7 Å². The van der Waals surface area contributed by atoms with Crippen LogP contribution in [0.2, 0.25) is 0 Å². The van der Waals surface area contributed by atoms with Crippen LogP contribution in [0.5, 0.6) is 0 Å². The second kappa shape index (κ2) is 4.25. The Bertz CT molecular complexity index is 889. The van der Waals surface area contributed by atoms with Crippen LogP contribution in [0.25, 0.3) is 6.08 Å². The summed E-state index contributed by atoms with van der Waals surface area (Å²) in [5, 5.41) is 0. The van der Waals surface area contributed by atoms with Crippen molar-refractivity contribution in [2.24, 2.45) is 0 Å². The van der Waals surface area contributed by atoms with Crippen LogP contribution >= 0.6 is 0 Å². The Morgan fingerprint density at radius 1 is 1.30 bits per heavy atom. The SMILES string of the molecule is CCN1C(=O)C=C2Cc3ccoc3[C@H]3C=Cc4ccccc4[C@@]231. The zero-order valence-electron chi connectivity index (χ0n) is 13.0. The van der Waals surface area contributed by atoms with E-state index in [0.717, 1.165) is 12.2 Å². The molecule has 2 heterocycles. The van der Waals surface area contributed by atoms with Crippen molar-refractivity contribution in [3.8, 4) is 0 Å². The molecule has 0 N–H and O–H groups in total. The number of rotatable bonds is 1. The molecule has 0 bridgehead atoms. The Balaban J connectivity index is 1.88. The number of benzene rings is 1. The number of furan rings is 1. The van der Waals surface area contributed by atoms with Gasteiger partial charge in [0.05, 0.1) is 12.2 Å². The maximum atomic E-state index is 12.7. The zero-order valence-corrected chi connectivity index (χ0v) is 13.0. The summed E-state index contributed by atoms with van der Waals surface area (Å²) in [6.45, 7) is 2.74. The van der Waals surface area contributed by atoms with Crippen LogP contribution in [0, 0.1) is 0 Å². The van der Waals surface area contributed by atoms with Crippen LogP contribution in [-0.4, -0.2) is 17.4 Å². The van der Waals surface area contributed by atoms with E-state index in [-0.39, 0.29) is 11.8 Å². The van der Waals surface area contributed by atoms with E-state index in [1.165, 1.54) is 22.3 Å². The van der Waals surface area contributed by atoms with Gasteiger partial charge in [-0.1, -0.05) is 36.4 Å². The highest BCUT2D eigenvalue weighted by molar-refractivity contribution is 5.95. The molecule has 0 saturated heterocycles. The first-order valence-electron chi connectivity index (χ1n) is 8.13. The second-order valence-electron chi connectivity index (χ2n) is 6.43. The monoisotopic (exact) mass is 303 g/mol. The number of amides is 1. The van der Waals surface area contributed by atoms with Gasteiger partial charge in [0, 0.05) is 12.6 Å². The van der Waals surface area contributed by atoms with E-state index in [9.17, 15) is 4.79 Å². The number of hydrogen-bond acceptors (Lipinski definition) is 2. The average Bonchev–Trinajstić information content (AvgIpc) is 3.13. The topological polar surface area (TPSA) is 33.5 Å². The predicted molar refractivity (Wildman–Crippen MR) is 87.8 cm³/mol. The van der Waals surface area contributed by atoms with Gasteiger partial charge in [-0.25, -0.2) is 0 Å². The standard InChI is InChI=1S/C20H17NO2/c1-2-21-18(22)12-15-11-14-9-10-23-19(14)17-8-7-13-5-3-4-6-16(13)20(15,17)21/h3-10,12,17H,2,11H2,1H3/t17-,20+/m1/s1. The highest BCUT2D eigenvalue weighted by atomic mass is 16.3. The van der Waals surface area contributed by atoms with Gasteiger partial charge in [-0.2, -0.15) is 0 Å². The van der Waals surface area contributed by atoms with Crippen molar-refractivity contribution in [1.82, 2.24) is 4.90 Å². The van der Waals surface area contributed by atoms with Crippen LogP contribution < -0.4 is 0 Å². The summed E-state index contributed by atoms with van der Waals surface area (Å²) in [5.41, 5.74) is 4.39. The maximum Gasteiger partial charge on any atom is 0.247 e. The molecule has 3 nitrogen and oxygen atoms in total. The molecule has 2 atom stereocenters. The molecule has 0 radical (unpaired) electrons. The third-order valence-electron chi connectivity index (χ3n) is 5.53. The Kier molecular flexibility index (Phi) is 2.39. The van der Waals surface area contributed by atoms with Crippen molar-refractivity contribution >= 4 is 12.0 Å². The van der Waals surface area contributed by atoms with Crippen molar-refractivity contribution in [2.45, 2.75) is 24.8 Å². The Morgan fingerprint density at radius 2 is 2.17 bits per heavy atom. The van der Waals surface area contributed by atoms with E-state index >= 15 is 0 Å². The first kappa shape index (κ1) is 12.9. The molecule has 5 rings (SSSR count). The van der Waals surface area contributed by atoms with Gasteiger partial charge in [-0.3, -0.25) is 4.79 Å². The number of fused-ring (bicyclic) bond motifs is 3. The fourth-order valence-corrected chi connectivity index (χ4v) is 4.71. The summed E-state index contributed by atoms with van der Waals surface area (Å²) >= 11 is 0. The van der Waals surface area contributed by atoms with Crippen LogP contribution in [0.15, 0.2) is 58.7 Å². The van der Waals surface area contributed by atoms with E-state index in [4.69, 9.17) is 4.42 Å². The Labute approximate surface area is 134 Å². The van der Waals surface area contributed by atoms with Gasteiger partial charge in [-0.15, -0.1) is 0 Å². The summed E-state index contributed by atoms with van der Waals surface area (Å²) < 4.78 is 5.86. The smallest absolute Gasteiger partial charge is 0.247 e. The minimum Gasteiger partial charge on any atom is -0.468 e. The molecule has 3 aliphatic rings. The summed E-state index contributed by atoms with van der Waals surface area (Å²) in [5.74, 6) is 1.16. The Morgan fingerprint density at radius 3 is 3.04 bits per heavy atom. The minimum atomic E-state index is -0.415. The first-order chi connectivity index (χ1) is 11.3. The number of likely N-dealkylation sites (N-methyl/N-ethyl adjacent to an activating group) is 1. The third-order valence-corrected chi connectivity index (χ3v) is 5.53. The molecular weight excluding hydrogens is 286 g/mol. The van der Waals surface area contributed by atoms with Crippen LogP contribution in [0.3, 0.4) is 0 Å². The lowest BCUT2D eigenvalue weighted by Gasteiger charge is -2.49. The van der Waals surface area contributed by atoms with Gasteiger partial charge in [0.1, 0.15) is 11.3 Å². The molecule has 114 valence electrons. The third kappa shape index (κ3) is 1.38. The molecule has 0 saturated carbocycles. The van der Waals surface area contributed by atoms with Gasteiger partial charge in [0.15, 0.2) is 0 Å². The molecule has 2 aromatic rings. The molecule has 1 aromatic carbocycles. The van der Waals surface area contributed by atoms with Gasteiger partial charge < -0.3 is 9.32 Å². The quantitative estimate of drug-likeness (QED) is 0.806. The normalized spacial score (nSPS) is 27.2. The van der Waals surface area contributed by atoms with Crippen molar-refractivity contribution in [1.29, 1.82) is 0 Å². The van der Waals surface area contributed by atoms with E-state index < -0.39 is 5.54 Å². The summed E-state index contributed by atoms with van der Waals surface area (Å²) in [4.78, 5) is 14.7. The molecule has 0 unspecified atom stereocenters. The molecule has 0 fully saturated rings. The van der Waals surface area contributed by atoms with Gasteiger partial charge in [0.25, 0.3) is 0 Å². The second-order valence-corrected chi connectivity index (χ2v) is 6.43. The number of carbonyl (C=O) groups is 1. The largest absolute Gasteiger partial charge is 0.468 e. The lowest BCUT2D eigenvalue weighted by atomic mass is 9.63. The van der Waals surface area contributed by atoms with Crippen LogP contribution in [0.4, 0.5) is 0 Å². The number of carbonyl (C=O) groups excluding carboxylic acids is 1. The molecule has 1 aromatic heterocycles. The molecule has 1 amide bonds. The number of nitrogens with zero attached hydrogens (tertiary/aromatic N) is 1. The predicted octanol–water partition coefficient (Wildman–Crippen LogP) is 3.63. The van der Waals surface area contributed by atoms with Crippen LogP contribution in [-0.2, 0) is 16.8 Å². The van der Waals surface area contributed by atoms with Gasteiger partial charge >= 0.3 is 0 Å². The van der Waals surface area contributed by atoms with E-state index in [1.807, 2.05) is 17.0 Å². The summed E-state index contributed by atoms with van der Waals surface area (Å²) in [6.07, 6.45) is 8.78. The molecule has 2 aliphatic carbocycles. The van der Waals surface area contributed by atoms with E-state index in [0.29, 0.717) is 6.54 Å². The highest BCUT2D eigenvalue weighted by Crippen LogP contribution is 2.58. The van der Waals surface area contributed by atoms with Crippen molar-refractivity contribution in [3.63, 3.8) is 0 Å². The Hall–Kier alpha value is -2.55. The fraction of sp³-hybridized carbons (Fsp3) is 0.250. The average molecular weight is 303 g/mol. The maximum absolute atomic E-state index is 12.7. The van der Waals surface area contributed by atoms with Crippen molar-refractivity contribution in [3.05, 3.63) is 76.8 Å². The van der Waals surface area contributed by atoms with E-state index in [2.05, 4.69) is 43.3 Å². The first-order valence-corrected chi connectivity index (χ1v) is 8.13. The lowest BCUT2D eigenvalue weighted by molar-refractivity contribution is -0.129. The molecule has 1 spiro atoms. The molecule has 3 heteroatoms.